The Bertz CT molecular complexity index is 1250. The lowest BCUT2D eigenvalue weighted by atomic mass is 10.0. The van der Waals surface area contributed by atoms with Gasteiger partial charge >= 0.3 is 5.97 Å². The predicted molar refractivity (Wildman–Crippen MR) is 352 cm³/mol. The first-order valence-corrected chi connectivity index (χ1v) is 36.6. The van der Waals surface area contributed by atoms with Gasteiger partial charge in [0.1, 0.15) is 0 Å². The van der Waals surface area contributed by atoms with E-state index in [1.165, 1.54) is 334 Å². The van der Waals surface area contributed by atoms with Gasteiger partial charge in [-0.1, -0.05) is 366 Å². The SMILES string of the molecule is CCCCCCCCCCCCCCCCCCCCCCCCCCCC(O)C(CO)NC(=O)CCCCCCCCC/C=C\C/C=C\CCCCCCCCCCCOC(=O)CCCCCCCCCCCCCCCCC. The van der Waals surface area contributed by atoms with Crippen molar-refractivity contribution in [3.8, 4) is 0 Å². The molecule has 2 unspecified atom stereocenters. The molecular weight excluding hydrogens is 983 g/mol. The largest absolute Gasteiger partial charge is 0.466 e. The topological polar surface area (TPSA) is 95.9 Å². The number of aliphatic hydroxyl groups is 2. The molecule has 0 radical (unpaired) electrons. The van der Waals surface area contributed by atoms with Gasteiger partial charge in [0.15, 0.2) is 0 Å². The number of aliphatic hydroxyl groups excluding tert-OH is 2. The Kier molecular flexibility index (Phi) is 68.4. The third-order valence-corrected chi connectivity index (χ3v) is 17.3. The molecule has 0 saturated heterocycles. The molecule has 1 amide bonds. The fourth-order valence-corrected chi connectivity index (χ4v) is 11.7. The van der Waals surface area contributed by atoms with Gasteiger partial charge in [-0.05, 0) is 57.8 Å². The molecule has 0 aliphatic carbocycles. The lowest BCUT2D eigenvalue weighted by Gasteiger charge is -2.22. The summed E-state index contributed by atoms with van der Waals surface area (Å²) in [5, 5.41) is 23.4. The fraction of sp³-hybridized carbons (Fsp3) is 0.919. The molecule has 0 aromatic heterocycles. The molecule has 2 atom stereocenters. The first kappa shape index (κ1) is 78.3. The number of unbranched alkanes of at least 4 members (excludes halogenated alkanes) is 54. The molecule has 0 fully saturated rings. The number of esters is 1. The van der Waals surface area contributed by atoms with Crippen molar-refractivity contribution in [3.63, 3.8) is 0 Å². The Morgan fingerprint density at radius 3 is 0.950 bits per heavy atom. The summed E-state index contributed by atoms with van der Waals surface area (Å²) in [7, 11) is 0. The van der Waals surface area contributed by atoms with Crippen LogP contribution in [0.5, 0.6) is 0 Å². The molecular formula is C74H143NO5. The van der Waals surface area contributed by atoms with E-state index in [1.54, 1.807) is 0 Å². The Morgan fingerprint density at radius 2 is 0.625 bits per heavy atom. The zero-order valence-corrected chi connectivity index (χ0v) is 54.3. The zero-order valence-electron chi connectivity index (χ0n) is 54.3. The maximum absolute atomic E-state index is 12.6. The number of allylic oxidation sites excluding steroid dienone is 4. The minimum atomic E-state index is -0.673. The van der Waals surface area contributed by atoms with Gasteiger partial charge in [-0.25, -0.2) is 0 Å². The molecule has 0 aromatic rings. The van der Waals surface area contributed by atoms with Crippen molar-refractivity contribution in [2.45, 2.75) is 424 Å². The van der Waals surface area contributed by atoms with E-state index in [-0.39, 0.29) is 18.5 Å². The molecule has 0 bridgehead atoms. The summed E-state index contributed by atoms with van der Waals surface area (Å²) in [6.07, 6.45) is 88.0. The smallest absolute Gasteiger partial charge is 0.305 e. The van der Waals surface area contributed by atoms with E-state index in [0.29, 0.717) is 25.9 Å². The first-order valence-electron chi connectivity index (χ1n) is 36.6. The summed E-state index contributed by atoms with van der Waals surface area (Å²) >= 11 is 0. The van der Waals surface area contributed by atoms with E-state index in [0.717, 1.165) is 44.9 Å². The number of rotatable bonds is 69. The van der Waals surface area contributed by atoms with Gasteiger partial charge in [-0.15, -0.1) is 0 Å². The number of amides is 1. The van der Waals surface area contributed by atoms with Gasteiger partial charge < -0.3 is 20.3 Å². The summed E-state index contributed by atoms with van der Waals surface area (Å²) in [6.45, 7) is 4.99. The van der Waals surface area contributed by atoms with Gasteiger partial charge in [0.2, 0.25) is 5.91 Å². The van der Waals surface area contributed by atoms with Crippen molar-refractivity contribution in [3.05, 3.63) is 24.3 Å². The van der Waals surface area contributed by atoms with E-state index in [9.17, 15) is 19.8 Å². The molecule has 0 saturated carbocycles. The van der Waals surface area contributed by atoms with Gasteiger partial charge in [0, 0.05) is 12.8 Å². The predicted octanol–water partition coefficient (Wildman–Crippen LogP) is 23.7. The van der Waals surface area contributed by atoms with Gasteiger partial charge in [-0.3, -0.25) is 9.59 Å². The van der Waals surface area contributed by atoms with Crippen molar-refractivity contribution >= 4 is 11.9 Å². The highest BCUT2D eigenvalue weighted by molar-refractivity contribution is 5.76. The molecule has 0 heterocycles. The van der Waals surface area contributed by atoms with Crippen LogP contribution in [0.1, 0.15) is 412 Å². The summed E-state index contributed by atoms with van der Waals surface area (Å²) in [6, 6.07) is -0.551. The van der Waals surface area contributed by atoms with Crippen LogP contribution in [0.4, 0.5) is 0 Å². The second kappa shape index (κ2) is 69.8. The van der Waals surface area contributed by atoms with Crippen LogP contribution in [0, 0.1) is 0 Å². The molecule has 6 nitrogen and oxygen atoms in total. The molecule has 6 heteroatoms. The number of carbonyl (C=O) groups excluding carboxylic acids is 2. The number of ether oxygens (including phenoxy) is 1. The second-order valence-corrected chi connectivity index (χ2v) is 25.3. The summed E-state index contributed by atoms with van der Waals surface area (Å²) < 4.78 is 5.49. The van der Waals surface area contributed by atoms with Crippen LogP contribution in [0.2, 0.25) is 0 Å². The van der Waals surface area contributed by atoms with Gasteiger partial charge in [-0.2, -0.15) is 0 Å². The van der Waals surface area contributed by atoms with Crippen LogP contribution < -0.4 is 5.32 Å². The van der Waals surface area contributed by atoms with E-state index in [2.05, 4.69) is 43.5 Å². The van der Waals surface area contributed by atoms with E-state index in [1.807, 2.05) is 0 Å². The summed E-state index contributed by atoms with van der Waals surface area (Å²) in [4.78, 5) is 24.6. The fourth-order valence-electron chi connectivity index (χ4n) is 11.7. The van der Waals surface area contributed by atoms with Crippen molar-refractivity contribution in [2.75, 3.05) is 13.2 Å². The molecule has 0 rings (SSSR count). The van der Waals surface area contributed by atoms with E-state index >= 15 is 0 Å². The average molecular weight is 1130 g/mol. The number of nitrogens with one attached hydrogen (secondary N) is 1. The maximum Gasteiger partial charge on any atom is 0.305 e. The van der Waals surface area contributed by atoms with Crippen molar-refractivity contribution in [2.24, 2.45) is 0 Å². The second-order valence-electron chi connectivity index (χ2n) is 25.3. The normalized spacial score (nSPS) is 12.6. The van der Waals surface area contributed by atoms with Gasteiger partial charge in [0.05, 0.1) is 25.4 Å². The lowest BCUT2D eigenvalue weighted by Crippen LogP contribution is -2.45. The van der Waals surface area contributed by atoms with Crippen LogP contribution >= 0.6 is 0 Å². The van der Waals surface area contributed by atoms with Crippen LogP contribution in [0.3, 0.4) is 0 Å². The highest BCUT2D eigenvalue weighted by Gasteiger charge is 2.20. The Balaban J connectivity index is 3.43. The third-order valence-electron chi connectivity index (χ3n) is 17.3. The summed E-state index contributed by atoms with van der Waals surface area (Å²) in [5.74, 6) is -0.0294. The van der Waals surface area contributed by atoms with E-state index < -0.39 is 12.1 Å². The summed E-state index contributed by atoms with van der Waals surface area (Å²) in [5.41, 5.74) is 0. The Hall–Kier alpha value is -1.66. The average Bonchev–Trinajstić information content (AvgIpc) is 3.46. The van der Waals surface area contributed by atoms with Crippen molar-refractivity contribution in [1.29, 1.82) is 0 Å². The minimum absolute atomic E-state index is 0.0110. The van der Waals surface area contributed by atoms with Crippen LogP contribution in [0.25, 0.3) is 0 Å². The van der Waals surface area contributed by atoms with Crippen LogP contribution in [-0.4, -0.2) is 47.4 Å². The highest BCUT2D eigenvalue weighted by Crippen LogP contribution is 2.19. The Morgan fingerprint density at radius 1 is 0.350 bits per heavy atom. The maximum atomic E-state index is 12.6. The number of hydrogen-bond acceptors (Lipinski definition) is 5. The number of carbonyl (C=O) groups is 2. The van der Waals surface area contributed by atoms with Crippen LogP contribution in [-0.2, 0) is 14.3 Å². The molecule has 0 spiro atoms. The number of hydrogen-bond donors (Lipinski definition) is 3. The van der Waals surface area contributed by atoms with Crippen LogP contribution in [0.15, 0.2) is 24.3 Å². The first-order chi connectivity index (χ1) is 39.5. The molecule has 3 N–H and O–H groups in total. The quantitative estimate of drug-likeness (QED) is 0.0320. The molecule has 0 aliphatic rings. The van der Waals surface area contributed by atoms with Crippen molar-refractivity contribution in [1.82, 2.24) is 5.32 Å². The van der Waals surface area contributed by atoms with Gasteiger partial charge in [0.25, 0.3) is 0 Å². The molecule has 0 aromatic carbocycles. The molecule has 80 heavy (non-hydrogen) atoms. The lowest BCUT2D eigenvalue weighted by molar-refractivity contribution is -0.143. The molecule has 0 aliphatic heterocycles. The van der Waals surface area contributed by atoms with Crippen molar-refractivity contribution < 1.29 is 24.5 Å². The Labute approximate surface area is 501 Å². The highest BCUT2D eigenvalue weighted by atomic mass is 16.5. The monoisotopic (exact) mass is 1130 g/mol. The van der Waals surface area contributed by atoms with E-state index in [4.69, 9.17) is 4.74 Å². The minimum Gasteiger partial charge on any atom is -0.466 e. The molecule has 474 valence electrons. The third kappa shape index (κ3) is 65.5. The zero-order chi connectivity index (χ0) is 57.8. The standard InChI is InChI=1S/C74H143NO5/c1-3-5-7-9-11-13-15-17-19-20-21-22-23-24-26-29-32-35-39-42-46-50-54-58-62-66-72(77)71(70-76)75-73(78)67-63-59-55-51-47-43-40-36-33-30-27-25-28-31-34-37-41-45-49-53-57-61-65-69-80-74(79)68-64-60-56-52-48-44-38-18-16-14-12-10-8-6-4-2/h25,28,30,33,71-72,76-77H,3-24,26-27,29,31-32,34-70H2,1-2H3,(H,75,78)/b28-25-,33-30-.